The van der Waals surface area contributed by atoms with Gasteiger partial charge in [-0.1, -0.05) is 27.2 Å². The van der Waals surface area contributed by atoms with Gasteiger partial charge in [0.15, 0.2) is 0 Å². The number of nitrogens with two attached hydrogens (primary N) is 1. The fourth-order valence-electron chi connectivity index (χ4n) is 1.86. The summed E-state index contributed by atoms with van der Waals surface area (Å²) in [6.07, 6.45) is 2.97. The van der Waals surface area contributed by atoms with Crippen molar-refractivity contribution in [3.8, 4) is 0 Å². The van der Waals surface area contributed by atoms with Crippen molar-refractivity contribution in [2.24, 2.45) is 5.73 Å². The van der Waals surface area contributed by atoms with E-state index in [2.05, 4.69) is 26.1 Å². The average molecular weight is 274 g/mol. The number of rotatable bonds is 8. The molecule has 0 saturated heterocycles. The van der Waals surface area contributed by atoms with E-state index >= 15 is 0 Å². The van der Waals surface area contributed by atoms with Crippen LogP contribution in [0.4, 0.5) is 0 Å². The molecular formula is C14H30N2OS. The van der Waals surface area contributed by atoms with Gasteiger partial charge in [0.25, 0.3) is 0 Å². The number of thioether (sulfide) groups is 1. The van der Waals surface area contributed by atoms with Gasteiger partial charge in [-0.15, -0.1) is 0 Å². The summed E-state index contributed by atoms with van der Waals surface area (Å²) in [5, 5.41) is 3.28. The number of hydrogen-bond donors (Lipinski definition) is 2. The molecule has 1 unspecified atom stereocenters. The van der Waals surface area contributed by atoms with E-state index in [0.29, 0.717) is 4.75 Å². The van der Waals surface area contributed by atoms with Crippen LogP contribution in [0.15, 0.2) is 0 Å². The quantitative estimate of drug-likeness (QED) is 0.669. The zero-order valence-electron chi connectivity index (χ0n) is 12.8. The first-order valence-electron chi connectivity index (χ1n) is 6.78. The van der Waals surface area contributed by atoms with E-state index in [1.807, 2.05) is 32.5 Å². The van der Waals surface area contributed by atoms with Gasteiger partial charge in [-0.3, -0.25) is 4.79 Å². The van der Waals surface area contributed by atoms with Gasteiger partial charge in [0, 0.05) is 10.8 Å². The van der Waals surface area contributed by atoms with Gasteiger partial charge < -0.3 is 11.1 Å². The fourth-order valence-corrected chi connectivity index (χ4v) is 2.82. The number of amides is 1. The maximum atomic E-state index is 11.5. The van der Waals surface area contributed by atoms with Gasteiger partial charge in [-0.05, 0) is 39.4 Å². The molecule has 0 aliphatic heterocycles. The van der Waals surface area contributed by atoms with Crippen LogP contribution in [0.1, 0.15) is 60.8 Å². The lowest BCUT2D eigenvalue weighted by atomic mass is 9.93. The van der Waals surface area contributed by atoms with Gasteiger partial charge >= 0.3 is 0 Å². The molecule has 0 bridgehead atoms. The highest BCUT2D eigenvalue weighted by Gasteiger charge is 2.30. The van der Waals surface area contributed by atoms with Crippen LogP contribution in [0.3, 0.4) is 0 Å². The third-order valence-electron chi connectivity index (χ3n) is 2.76. The Labute approximate surface area is 117 Å². The van der Waals surface area contributed by atoms with Crippen LogP contribution in [0, 0.1) is 0 Å². The van der Waals surface area contributed by atoms with E-state index in [4.69, 9.17) is 5.73 Å². The van der Waals surface area contributed by atoms with E-state index < -0.39 is 5.54 Å². The molecule has 1 atom stereocenters. The summed E-state index contributed by atoms with van der Waals surface area (Å²) in [4.78, 5) is 11.5. The number of carbonyl (C=O) groups is 1. The Morgan fingerprint density at radius 2 is 1.78 bits per heavy atom. The zero-order chi connectivity index (χ0) is 14.4. The Morgan fingerprint density at radius 1 is 1.22 bits per heavy atom. The second kappa shape index (κ2) is 7.39. The summed E-state index contributed by atoms with van der Waals surface area (Å²) in [7, 11) is 0. The maximum absolute atomic E-state index is 11.5. The Morgan fingerprint density at radius 3 is 2.17 bits per heavy atom. The van der Waals surface area contributed by atoms with Crippen LogP contribution < -0.4 is 11.1 Å². The zero-order valence-corrected chi connectivity index (χ0v) is 13.6. The van der Waals surface area contributed by atoms with Crippen molar-refractivity contribution in [1.82, 2.24) is 5.32 Å². The van der Waals surface area contributed by atoms with Crippen molar-refractivity contribution in [2.45, 2.75) is 77.1 Å². The molecule has 3 nitrogen and oxygen atoms in total. The summed E-state index contributed by atoms with van der Waals surface area (Å²) in [6.45, 7) is 12.7. The SMILES string of the molecule is CC(C)NC(C)(CCCCSC(C)(C)C)C(N)=O. The van der Waals surface area contributed by atoms with E-state index in [9.17, 15) is 4.79 Å². The third-order valence-corrected chi connectivity index (χ3v) is 4.12. The lowest BCUT2D eigenvalue weighted by molar-refractivity contribution is -0.124. The minimum Gasteiger partial charge on any atom is -0.368 e. The topological polar surface area (TPSA) is 55.1 Å². The summed E-state index contributed by atoms with van der Waals surface area (Å²) >= 11 is 1.97. The second-order valence-corrected chi connectivity index (χ2v) is 8.34. The highest BCUT2D eigenvalue weighted by Crippen LogP contribution is 2.25. The van der Waals surface area contributed by atoms with Gasteiger partial charge in [0.1, 0.15) is 0 Å². The van der Waals surface area contributed by atoms with Crippen LogP contribution in [-0.4, -0.2) is 28.0 Å². The third kappa shape index (κ3) is 7.98. The molecule has 0 heterocycles. The minimum absolute atomic E-state index is 0.250. The maximum Gasteiger partial charge on any atom is 0.237 e. The average Bonchev–Trinajstić information content (AvgIpc) is 2.13. The molecule has 108 valence electrons. The number of hydrogen-bond acceptors (Lipinski definition) is 3. The largest absolute Gasteiger partial charge is 0.368 e. The first-order chi connectivity index (χ1) is 8.07. The summed E-state index contributed by atoms with van der Waals surface area (Å²) in [5.74, 6) is 0.889. The molecule has 0 fully saturated rings. The first-order valence-corrected chi connectivity index (χ1v) is 7.77. The first kappa shape index (κ1) is 17.8. The molecule has 0 spiro atoms. The molecule has 0 aromatic carbocycles. The number of carbonyl (C=O) groups excluding carboxylic acids is 1. The molecule has 0 rings (SSSR count). The van der Waals surface area contributed by atoms with Crippen LogP contribution in [0.2, 0.25) is 0 Å². The molecule has 1 amide bonds. The number of nitrogens with one attached hydrogen (secondary N) is 1. The van der Waals surface area contributed by atoms with Crippen LogP contribution in [-0.2, 0) is 4.79 Å². The van der Waals surface area contributed by atoms with Gasteiger partial charge in [0.05, 0.1) is 5.54 Å². The molecule has 0 radical (unpaired) electrons. The molecule has 0 aromatic heterocycles. The normalized spacial score (nSPS) is 15.7. The van der Waals surface area contributed by atoms with Crippen molar-refractivity contribution in [2.75, 3.05) is 5.75 Å². The molecule has 0 aliphatic rings. The standard InChI is InChI=1S/C14H30N2OS/c1-11(2)16-14(6,12(15)17)9-7-8-10-18-13(3,4)5/h11,16H,7-10H2,1-6H3,(H2,15,17). The predicted molar refractivity (Wildman–Crippen MR) is 81.9 cm³/mol. The van der Waals surface area contributed by atoms with Crippen molar-refractivity contribution in [3.05, 3.63) is 0 Å². The number of primary amides is 1. The number of unbranched alkanes of at least 4 members (excludes halogenated alkanes) is 1. The Bertz CT molecular complexity index is 261. The molecule has 0 aromatic rings. The Hall–Kier alpha value is -0.220. The molecular weight excluding hydrogens is 244 g/mol. The van der Waals surface area contributed by atoms with E-state index in [0.717, 1.165) is 25.0 Å². The van der Waals surface area contributed by atoms with Crippen LogP contribution >= 0.6 is 11.8 Å². The Kier molecular flexibility index (Phi) is 7.30. The smallest absolute Gasteiger partial charge is 0.237 e. The molecule has 4 heteroatoms. The fraction of sp³-hybridized carbons (Fsp3) is 0.929. The van der Waals surface area contributed by atoms with Crippen LogP contribution in [0.25, 0.3) is 0 Å². The molecule has 18 heavy (non-hydrogen) atoms. The second-order valence-electron chi connectivity index (χ2n) is 6.41. The minimum atomic E-state index is -0.569. The van der Waals surface area contributed by atoms with E-state index in [1.54, 1.807) is 0 Å². The summed E-state index contributed by atoms with van der Waals surface area (Å²) in [5.41, 5.74) is 4.93. The molecule has 0 aliphatic carbocycles. The Balaban J connectivity index is 4.03. The van der Waals surface area contributed by atoms with Crippen molar-refractivity contribution < 1.29 is 4.79 Å². The lowest BCUT2D eigenvalue weighted by Gasteiger charge is -2.30. The van der Waals surface area contributed by atoms with Crippen molar-refractivity contribution >= 4 is 17.7 Å². The summed E-state index contributed by atoms with van der Waals surface area (Å²) < 4.78 is 0.323. The monoisotopic (exact) mass is 274 g/mol. The van der Waals surface area contributed by atoms with Crippen molar-refractivity contribution in [3.63, 3.8) is 0 Å². The highest BCUT2D eigenvalue weighted by molar-refractivity contribution is 8.00. The van der Waals surface area contributed by atoms with E-state index in [1.165, 1.54) is 0 Å². The molecule has 3 N–H and O–H groups in total. The van der Waals surface area contributed by atoms with Gasteiger partial charge in [-0.2, -0.15) is 11.8 Å². The lowest BCUT2D eigenvalue weighted by Crippen LogP contribution is -2.55. The summed E-state index contributed by atoms with van der Waals surface area (Å²) in [6, 6.07) is 0.270. The van der Waals surface area contributed by atoms with Gasteiger partial charge in [-0.25, -0.2) is 0 Å². The predicted octanol–water partition coefficient (Wildman–Crippen LogP) is 2.93. The molecule has 0 saturated carbocycles. The van der Waals surface area contributed by atoms with Gasteiger partial charge in [0.2, 0.25) is 5.91 Å². The van der Waals surface area contributed by atoms with Crippen molar-refractivity contribution in [1.29, 1.82) is 0 Å². The highest BCUT2D eigenvalue weighted by atomic mass is 32.2. The van der Waals surface area contributed by atoms with E-state index in [-0.39, 0.29) is 11.9 Å². The van der Waals surface area contributed by atoms with Crippen LogP contribution in [0.5, 0.6) is 0 Å².